The number of aromatic nitrogens is 1. The molecule has 8 nitrogen and oxygen atoms in total. The monoisotopic (exact) mass is 494 g/mol. The lowest BCUT2D eigenvalue weighted by Crippen LogP contribution is -2.46. The number of nitrogens with one attached hydrogen (secondary N) is 2. The number of nitrogens with zero attached hydrogens (tertiary/aromatic N) is 2. The molecule has 2 aromatic carbocycles. The third-order valence-electron chi connectivity index (χ3n) is 6.84. The maximum atomic E-state index is 14.2. The van der Waals surface area contributed by atoms with E-state index in [0.717, 1.165) is 25.7 Å². The molecule has 1 heterocycles. The Labute approximate surface area is 208 Å². The number of aryl methyl sites for hydroxylation is 1. The Balaban J connectivity index is 1.80. The molecule has 36 heavy (non-hydrogen) atoms. The number of hydrogen-bond acceptors (Lipinski definition) is 5. The standard InChI is InChI=1S/C27H31FN4O4/c1-16-9-18(27(35)36)12-21(10-16)32(15-31(3)20-7-5-4-6-8-20)26(34)22-13-17-11-19(28)14-23(29-2)24(17)30-25(22)33/h9-14,20,29H,4-8,15H2,1-3H3,(H,30,33)(H,35,36). The molecular formula is C27H31FN4O4. The molecule has 0 unspecified atom stereocenters. The van der Waals surface area contributed by atoms with Gasteiger partial charge in [-0.1, -0.05) is 19.3 Å². The van der Waals surface area contributed by atoms with Crippen LogP contribution in [-0.2, 0) is 0 Å². The number of amides is 1. The Morgan fingerprint density at radius 1 is 1.11 bits per heavy atom. The predicted octanol–water partition coefficient (Wildman–Crippen LogP) is 4.58. The molecule has 1 amide bonds. The van der Waals surface area contributed by atoms with Crippen LogP contribution in [0.25, 0.3) is 10.9 Å². The number of hydrogen-bond donors (Lipinski definition) is 3. The van der Waals surface area contributed by atoms with E-state index in [4.69, 9.17) is 0 Å². The lowest BCUT2D eigenvalue weighted by molar-refractivity contribution is 0.0696. The molecule has 0 radical (unpaired) electrons. The predicted molar refractivity (Wildman–Crippen MR) is 139 cm³/mol. The second-order valence-electron chi connectivity index (χ2n) is 9.47. The summed E-state index contributed by atoms with van der Waals surface area (Å²) < 4.78 is 14.2. The summed E-state index contributed by atoms with van der Waals surface area (Å²) in [5.41, 5.74) is 1.16. The smallest absolute Gasteiger partial charge is 0.335 e. The number of H-pyrrole nitrogens is 1. The third-order valence-corrected chi connectivity index (χ3v) is 6.84. The van der Waals surface area contributed by atoms with Crippen LogP contribution in [0.15, 0.2) is 41.2 Å². The number of carboxylic acid groups (broad SMARTS) is 1. The highest BCUT2D eigenvalue weighted by molar-refractivity contribution is 6.08. The van der Waals surface area contributed by atoms with E-state index < -0.39 is 23.3 Å². The minimum atomic E-state index is -1.10. The Bertz CT molecular complexity index is 1360. The van der Waals surface area contributed by atoms with E-state index >= 15 is 0 Å². The summed E-state index contributed by atoms with van der Waals surface area (Å²) in [5.74, 6) is -2.19. The van der Waals surface area contributed by atoms with Crippen LogP contribution >= 0.6 is 0 Å². The first kappa shape index (κ1) is 25.4. The molecule has 0 aliphatic heterocycles. The first-order chi connectivity index (χ1) is 17.2. The topological polar surface area (TPSA) is 106 Å². The molecule has 4 rings (SSSR count). The molecule has 0 atom stereocenters. The largest absolute Gasteiger partial charge is 0.478 e. The van der Waals surface area contributed by atoms with E-state index in [2.05, 4.69) is 15.2 Å². The van der Waals surface area contributed by atoms with Crippen LogP contribution in [0.3, 0.4) is 0 Å². The van der Waals surface area contributed by atoms with E-state index in [-0.39, 0.29) is 23.8 Å². The maximum Gasteiger partial charge on any atom is 0.335 e. The average molecular weight is 495 g/mol. The average Bonchev–Trinajstić information content (AvgIpc) is 2.86. The van der Waals surface area contributed by atoms with Gasteiger partial charge in [-0.15, -0.1) is 0 Å². The van der Waals surface area contributed by atoms with Gasteiger partial charge in [-0.05, 0) is 68.8 Å². The number of carbonyl (C=O) groups excluding carboxylic acids is 1. The normalized spacial score (nSPS) is 14.2. The molecular weight excluding hydrogens is 463 g/mol. The summed E-state index contributed by atoms with van der Waals surface area (Å²) >= 11 is 0. The van der Waals surface area contributed by atoms with E-state index in [0.29, 0.717) is 27.8 Å². The zero-order valence-electron chi connectivity index (χ0n) is 20.7. The minimum absolute atomic E-state index is 0.0521. The van der Waals surface area contributed by atoms with Gasteiger partial charge in [-0.2, -0.15) is 0 Å². The van der Waals surface area contributed by atoms with Crippen molar-refractivity contribution >= 4 is 34.2 Å². The molecule has 0 bridgehead atoms. The van der Waals surface area contributed by atoms with E-state index in [1.165, 1.54) is 41.7 Å². The van der Waals surface area contributed by atoms with Gasteiger partial charge < -0.3 is 15.4 Å². The van der Waals surface area contributed by atoms with Crippen molar-refractivity contribution in [3.8, 4) is 0 Å². The number of carbonyl (C=O) groups is 2. The Morgan fingerprint density at radius 2 is 1.83 bits per heavy atom. The second kappa shape index (κ2) is 10.5. The highest BCUT2D eigenvalue weighted by atomic mass is 19.1. The zero-order valence-corrected chi connectivity index (χ0v) is 20.7. The van der Waals surface area contributed by atoms with Crippen LogP contribution in [0.2, 0.25) is 0 Å². The SMILES string of the molecule is CNc1cc(F)cc2cc(C(=O)N(CN(C)C3CCCCC3)c3cc(C)cc(C(=O)O)c3)c(=O)[nH]c12. The molecule has 0 saturated heterocycles. The molecule has 1 aliphatic carbocycles. The lowest BCUT2D eigenvalue weighted by Gasteiger charge is -2.35. The van der Waals surface area contributed by atoms with Crippen molar-refractivity contribution in [2.45, 2.75) is 45.1 Å². The van der Waals surface area contributed by atoms with Gasteiger partial charge in [0.1, 0.15) is 11.4 Å². The van der Waals surface area contributed by atoms with Crippen LogP contribution in [0.4, 0.5) is 15.8 Å². The van der Waals surface area contributed by atoms with Gasteiger partial charge in [0.15, 0.2) is 0 Å². The Morgan fingerprint density at radius 3 is 2.50 bits per heavy atom. The summed E-state index contributed by atoms with van der Waals surface area (Å²) in [6.07, 6.45) is 5.43. The highest BCUT2D eigenvalue weighted by Crippen LogP contribution is 2.27. The molecule has 9 heteroatoms. The van der Waals surface area contributed by atoms with Gasteiger partial charge in [-0.3, -0.25) is 19.4 Å². The fourth-order valence-corrected chi connectivity index (χ4v) is 4.95. The Kier molecular flexibility index (Phi) is 7.40. The number of anilines is 2. The number of pyridine rings is 1. The van der Waals surface area contributed by atoms with Gasteiger partial charge >= 0.3 is 5.97 Å². The van der Waals surface area contributed by atoms with Crippen LogP contribution in [0.5, 0.6) is 0 Å². The van der Waals surface area contributed by atoms with E-state index in [1.807, 2.05) is 7.05 Å². The Hall–Kier alpha value is -3.72. The zero-order chi connectivity index (χ0) is 26.0. The van der Waals surface area contributed by atoms with Crippen LogP contribution < -0.4 is 15.8 Å². The fraction of sp³-hybridized carbons (Fsp3) is 0.370. The summed E-state index contributed by atoms with van der Waals surface area (Å²) in [4.78, 5) is 44.9. The number of aromatic carboxylic acids is 1. The van der Waals surface area contributed by atoms with Crippen LogP contribution in [0, 0.1) is 12.7 Å². The highest BCUT2D eigenvalue weighted by Gasteiger charge is 2.27. The van der Waals surface area contributed by atoms with Gasteiger partial charge in [0.2, 0.25) is 0 Å². The fourth-order valence-electron chi connectivity index (χ4n) is 4.95. The first-order valence-electron chi connectivity index (χ1n) is 12.1. The second-order valence-corrected chi connectivity index (χ2v) is 9.47. The molecule has 1 saturated carbocycles. The molecule has 190 valence electrons. The van der Waals surface area contributed by atoms with Crippen molar-refractivity contribution in [2.75, 3.05) is 31.0 Å². The van der Waals surface area contributed by atoms with E-state index in [1.54, 1.807) is 20.0 Å². The number of halogens is 1. The number of rotatable bonds is 7. The van der Waals surface area contributed by atoms with Crippen LogP contribution in [-0.4, -0.2) is 53.7 Å². The van der Waals surface area contributed by atoms with Gasteiger partial charge in [-0.25, -0.2) is 9.18 Å². The molecule has 3 N–H and O–H groups in total. The van der Waals surface area contributed by atoms with Crippen molar-refractivity contribution < 1.29 is 19.1 Å². The maximum absolute atomic E-state index is 14.2. The van der Waals surface area contributed by atoms with Crippen LogP contribution in [0.1, 0.15) is 58.4 Å². The summed E-state index contributed by atoms with van der Waals surface area (Å²) in [5, 5.41) is 12.8. The number of fused-ring (bicyclic) bond motifs is 1. The third kappa shape index (κ3) is 5.26. The molecule has 0 spiro atoms. The summed E-state index contributed by atoms with van der Waals surface area (Å²) in [6.45, 7) is 1.93. The quantitative estimate of drug-likeness (QED) is 0.415. The molecule has 1 fully saturated rings. The summed E-state index contributed by atoms with van der Waals surface area (Å²) in [6, 6.07) is 8.90. The van der Waals surface area contributed by atoms with Crippen molar-refractivity contribution in [1.29, 1.82) is 0 Å². The first-order valence-corrected chi connectivity index (χ1v) is 12.1. The molecule has 1 aromatic heterocycles. The summed E-state index contributed by atoms with van der Waals surface area (Å²) in [7, 11) is 3.55. The number of carboxylic acids is 1. The van der Waals surface area contributed by atoms with Crippen molar-refractivity contribution in [2.24, 2.45) is 0 Å². The van der Waals surface area contributed by atoms with Gasteiger partial charge in [0.25, 0.3) is 11.5 Å². The minimum Gasteiger partial charge on any atom is -0.478 e. The number of aromatic amines is 1. The van der Waals surface area contributed by atoms with E-state index in [9.17, 15) is 23.9 Å². The van der Waals surface area contributed by atoms with Gasteiger partial charge in [0.05, 0.1) is 23.4 Å². The van der Waals surface area contributed by atoms with Gasteiger partial charge in [0, 0.05) is 24.2 Å². The van der Waals surface area contributed by atoms with Crippen molar-refractivity contribution in [1.82, 2.24) is 9.88 Å². The molecule has 1 aliphatic rings. The van der Waals surface area contributed by atoms with Crippen molar-refractivity contribution in [3.63, 3.8) is 0 Å². The van der Waals surface area contributed by atoms with Crippen molar-refractivity contribution in [3.05, 3.63) is 69.3 Å². The lowest BCUT2D eigenvalue weighted by atomic mass is 9.95. The molecule has 3 aromatic rings. The number of benzene rings is 2.